The van der Waals surface area contributed by atoms with Crippen LogP contribution in [0.2, 0.25) is 0 Å². The van der Waals surface area contributed by atoms with Gasteiger partial charge in [0.25, 0.3) is 0 Å². The van der Waals surface area contributed by atoms with Crippen LogP contribution in [0.25, 0.3) is 11.1 Å². The predicted octanol–water partition coefficient (Wildman–Crippen LogP) is 4.06. The van der Waals surface area contributed by atoms with E-state index in [1.54, 1.807) is 0 Å². The molecule has 0 spiro atoms. The molecule has 0 aliphatic heterocycles. The topological polar surface area (TPSA) is 105 Å². The Balaban J connectivity index is 1.39. The number of carboxylic acid groups (broad SMARTS) is 1. The molecule has 0 heterocycles. The maximum absolute atomic E-state index is 12.8. The van der Waals surface area contributed by atoms with Gasteiger partial charge in [0.2, 0.25) is 5.91 Å². The van der Waals surface area contributed by atoms with Gasteiger partial charge in [0.15, 0.2) is 0 Å². The van der Waals surface area contributed by atoms with Crippen molar-refractivity contribution in [3.8, 4) is 11.1 Å². The zero-order chi connectivity index (χ0) is 23.4. The molecule has 3 N–H and O–H groups in total. The Morgan fingerprint density at radius 2 is 1.61 bits per heavy atom. The van der Waals surface area contributed by atoms with Crippen molar-refractivity contribution < 1.29 is 24.2 Å². The Morgan fingerprint density at radius 3 is 2.15 bits per heavy atom. The average Bonchev–Trinajstić information content (AvgIpc) is 3.57. The summed E-state index contributed by atoms with van der Waals surface area (Å²) in [5.41, 5.74) is 4.55. The fraction of sp³-hybridized carbons (Fsp3) is 0.423. The number of hydrogen-bond donors (Lipinski definition) is 3. The van der Waals surface area contributed by atoms with Crippen molar-refractivity contribution in [1.29, 1.82) is 0 Å². The van der Waals surface area contributed by atoms with Crippen molar-refractivity contribution in [2.24, 2.45) is 5.92 Å². The van der Waals surface area contributed by atoms with Gasteiger partial charge in [-0.3, -0.25) is 9.59 Å². The lowest BCUT2D eigenvalue weighted by Crippen LogP contribution is -2.50. The number of aliphatic carboxylic acids is 1. The molecule has 0 saturated heterocycles. The normalized spacial score (nSPS) is 16.3. The predicted molar refractivity (Wildman–Crippen MR) is 124 cm³/mol. The minimum Gasteiger partial charge on any atom is -0.481 e. The first-order valence-corrected chi connectivity index (χ1v) is 11.6. The molecule has 0 bridgehead atoms. The van der Waals surface area contributed by atoms with Crippen molar-refractivity contribution in [2.45, 2.75) is 57.0 Å². The number of benzene rings is 2. The molecule has 2 aliphatic carbocycles. The van der Waals surface area contributed by atoms with Crippen LogP contribution in [0.3, 0.4) is 0 Å². The van der Waals surface area contributed by atoms with Crippen molar-refractivity contribution in [3.05, 3.63) is 59.7 Å². The molecule has 2 amide bonds. The van der Waals surface area contributed by atoms with Gasteiger partial charge in [-0.1, -0.05) is 68.3 Å². The highest BCUT2D eigenvalue weighted by Gasteiger charge is 2.33. The van der Waals surface area contributed by atoms with Crippen LogP contribution in [0.1, 0.15) is 56.1 Å². The van der Waals surface area contributed by atoms with Crippen LogP contribution in [0.4, 0.5) is 4.79 Å². The number of nitrogens with one attached hydrogen (secondary N) is 2. The highest BCUT2D eigenvalue weighted by Crippen LogP contribution is 2.44. The third-order valence-corrected chi connectivity index (χ3v) is 6.48. The Hall–Kier alpha value is -3.35. The smallest absolute Gasteiger partial charge is 0.407 e. The standard InChI is InChI=1S/C26H30N2O5/c1-2-17(14-24(29)30)27-25(31)23(13-16-11-12-16)28-26(32)33-15-22-20-9-5-3-7-18(20)19-8-4-6-10-21(19)22/h3-10,16-17,22-23H,2,11-15H2,1H3,(H,27,31)(H,28,32)(H,29,30)/t17-,23+/m1/s1. The van der Waals surface area contributed by atoms with Crippen LogP contribution in [0, 0.1) is 5.92 Å². The fourth-order valence-corrected chi connectivity index (χ4v) is 4.51. The molecule has 2 aromatic rings. The zero-order valence-corrected chi connectivity index (χ0v) is 18.8. The molecule has 4 rings (SSSR count). The molecule has 33 heavy (non-hydrogen) atoms. The zero-order valence-electron chi connectivity index (χ0n) is 18.8. The van der Waals surface area contributed by atoms with E-state index < -0.39 is 24.1 Å². The van der Waals surface area contributed by atoms with Crippen molar-refractivity contribution >= 4 is 18.0 Å². The quantitative estimate of drug-likeness (QED) is 0.506. The summed E-state index contributed by atoms with van der Waals surface area (Å²) in [6.45, 7) is 2.00. The lowest BCUT2D eigenvalue weighted by Gasteiger charge is -2.22. The number of fused-ring (bicyclic) bond motifs is 3. The highest BCUT2D eigenvalue weighted by atomic mass is 16.5. The van der Waals surface area contributed by atoms with E-state index in [4.69, 9.17) is 9.84 Å². The summed E-state index contributed by atoms with van der Waals surface area (Å²) in [6, 6.07) is 15.0. The number of amides is 2. The highest BCUT2D eigenvalue weighted by molar-refractivity contribution is 5.86. The molecular weight excluding hydrogens is 420 g/mol. The summed E-state index contributed by atoms with van der Waals surface area (Å²) in [4.78, 5) is 36.5. The van der Waals surface area contributed by atoms with Crippen molar-refractivity contribution in [1.82, 2.24) is 10.6 Å². The molecule has 0 aromatic heterocycles. The molecule has 174 valence electrons. The number of carbonyl (C=O) groups excluding carboxylic acids is 2. The first kappa shape index (κ1) is 22.8. The van der Waals surface area contributed by atoms with E-state index in [1.165, 1.54) is 0 Å². The van der Waals surface area contributed by atoms with E-state index in [-0.39, 0.29) is 24.9 Å². The second-order valence-corrected chi connectivity index (χ2v) is 8.91. The van der Waals surface area contributed by atoms with Crippen LogP contribution in [-0.2, 0) is 14.3 Å². The second kappa shape index (κ2) is 10.1. The largest absolute Gasteiger partial charge is 0.481 e. The number of carbonyl (C=O) groups is 3. The summed E-state index contributed by atoms with van der Waals surface area (Å²) in [7, 11) is 0. The molecule has 7 heteroatoms. The van der Waals surface area contributed by atoms with Crippen molar-refractivity contribution in [3.63, 3.8) is 0 Å². The Kier molecular flexibility index (Phi) is 6.96. The lowest BCUT2D eigenvalue weighted by molar-refractivity contribution is -0.137. The summed E-state index contributed by atoms with van der Waals surface area (Å²) < 4.78 is 5.59. The van der Waals surface area contributed by atoms with Gasteiger partial charge in [-0.05, 0) is 41.0 Å². The van der Waals surface area contributed by atoms with E-state index >= 15 is 0 Å². The number of rotatable bonds is 10. The average molecular weight is 451 g/mol. The molecular formula is C26H30N2O5. The molecule has 2 aliphatic rings. The number of alkyl carbamates (subject to hydrolysis) is 1. The number of carboxylic acids is 1. The van der Waals surface area contributed by atoms with Crippen LogP contribution in [0.5, 0.6) is 0 Å². The monoisotopic (exact) mass is 450 g/mol. The fourth-order valence-electron chi connectivity index (χ4n) is 4.51. The second-order valence-electron chi connectivity index (χ2n) is 8.91. The van der Waals surface area contributed by atoms with Crippen LogP contribution >= 0.6 is 0 Å². The third-order valence-electron chi connectivity index (χ3n) is 6.48. The first-order valence-electron chi connectivity index (χ1n) is 11.6. The molecule has 1 fully saturated rings. The van der Waals surface area contributed by atoms with Gasteiger partial charge in [0.1, 0.15) is 12.6 Å². The molecule has 0 radical (unpaired) electrons. The minimum absolute atomic E-state index is 0.0566. The number of hydrogen-bond acceptors (Lipinski definition) is 4. The first-order chi connectivity index (χ1) is 16.0. The van der Waals surface area contributed by atoms with Gasteiger partial charge in [0.05, 0.1) is 6.42 Å². The molecule has 2 atom stereocenters. The Labute approximate surface area is 193 Å². The lowest BCUT2D eigenvalue weighted by atomic mass is 9.98. The van der Waals surface area contributed by atoms with Crippen LogP contribution in [-0.4, -0.2) is 41.8 Å². The molecule has 7 nitrogen and oxygen atoms in total. The van der Waals surface area contributed by atoms with Gasteiger partial charge < -0.3 is 20.5 Å². The SMILES string of the molecule is CC[C@H](CC(=O)O)NC(=O)[C@H](CC1CC1)NC(=O)OCC1c2ccccc2-c2ccccc21. The van der Waals surface area contributed by atoms with Gasteiger partial charge in [-0.15, -0.1) is 0 Å². The summed E-state index contributed by atoms with van der Waals surface area (Å²) in [5, 5.41) is 14.5. The van der Waals surface area contributed by atoms with E-state index in [0.29, 0.717) is 18.8 Å². The maximum Gasteiger partial charge on any atom is 0.407 e. The summed E-state index contributed by atoms with van der Waals surface area (Å²) in [5.74, 6) is -0.984. The van der Waals surface area contributed by atoms with E-state index in [1.807, 2.05) is 31.2 Å². The van der Waals surface area contributed by atoms with Crippen LogP contribution < -0.4 is 10.6 Å². The van der Waals surface area contributed by atoms with Gasteiger partial charge in [0, 0.05) is 12.0 Å². The Bertz CT molecular complexity index is 987. The summed E-state index contributed by atoms with van der Waals surface area (Å²) >= 11 is 0. The van der Waals surface area contributed by atoms with E-state index in [0.717, 1.165) is 35.1 Å². The number of ether oxygens (including phenoxy) is 1. The third kappa shape index (κ3) is 5.53. The molecule has 1 saturated carbocycles. The maximum atomic E-state index is 12.8. The summed E-state index contributed by atoms with van der Waals surface area (Å²) in [6.07, 6.45) is 2.30. The Morgan fingerprint density at radius 1 is 1.00 bits per heavy atom. The minimum atomic E-state index is -0.967. The van der Waals surface area contributed by atoms with Gasteiger partial charge in [-0.25, -0.2) is 4.79 Å². The van der Waals surface area contributed by atoms with Crippen molar-refractivity contribution in [2.75, 3.05) is 6.61 Å². The van der Waals surface area contributed by atoms with E-state index in [9.17, 15) is 14.4 Å². The van der Waals surface area contributed by atoms with Gasteiger partial charge >= 0.3 is 12.1 Å². The molecule has 0 unspecified atom stereocenters. The van der Waals surface area contributed by atoms with Gasteiger partial charge in [-0.2, -0.15) is 0 Å². The van der Waals surface area contributed by atoms with E-state index in [2.05, 4.69) is 34.9 Å². The molecule has 2 aromatic carbocycles. The van der Waals surface area contributed by atoms with Crippen LogP contribution in [0.15, 0.2) is 48.5 Å².